The standard InChI is InChI=1S/C23H32FN5O2/c1-23(2,17-27-9-10-29-8-7-25-21(29)16-27)22(30)26-15-20(28-11-13-31-14-12-28)18-3-5-19(24)6-4-18/h3-8,20H,9-17H2,1-2H3,(H,26,30). The average molecular weight is 430 g/mol. The van der Waals surface area contributed by atoms with Gasteiger partial charge in [-0.15, -0.1) is 0 Å². The van der Waals surface area contributed by atoms with Gasteiger partial charge in [-0.1, -0.05) is 12.1 Å². The predicted octanol–water partition coefficient (Wildman–Crippen LogP) is 2.05. The van der Waals surface area contributed by atoms with Crippen molar-refractivity contribution in [3.63, 3.8) is 0 Å². The molecule has 168 valence electrons. The maximum atomic E-state index is 13.4. The molecule has 3 heterocycles. The Hall–Kier alpha value is -2.29. The second kappa shape index (κ2) is 9.46. The van der Waals surface area contributed by atoms with Crippen LogP contribution in [0.5, 0.6) is 0 Å². The molecule has 1 aromatic heterocycles. The number of amides is 1. The fourth-order valence-corrected chi connectivity index (χ4v) is 4.45. The van der Waals surface area contributed by atoms with Crippen molar-refractivity contribution in [2.45, 2.75) is 33.0 Å². The molecule has 1 unspecified atom stereocenters. The van der Waals surface area contributed by atoms with E-state index in [0.717, 1.165) is 44.1 Å². The Bertz CT molecular complexity index is 876. The van der Waals surface area contributed by atoms with Crippen molar-refractivity contribution in [2.24, 2.45) is 5.41 Å². The second-order valence-corrected chi connectivity index (χ2v) is 9.06. The van der Waals surface area contributed by atoms with E-state index in [2.05, 4.69) is 24.7 Å². The molecule has 4 rings (SSSR count). The third-order valence-electron chi connectivity index (χ3n) is 6.25. The molecular weight excluding hydrogens is 397 g/mol. The molecule has 0 bridgehead atoms. The van der Waals surface area contributed by atoms with Crippen LogP contribution in [0, 0.1) is 11.2 Å². The van der Waals surface area contributed by atoms with Gasteiger partial charge in [0.1, 0.15) is 11.6 Å². The molecule has 1 amide bonds. The molecule has 31 heavy (non-hydrogen) atoms. The molecule has 8 heteroatoms. The number of halogens is 1. The molecule has 2 aromatic rings. The van der Waals surface area contributed by atoms with Crippen LogP contribution < -0.4 is 5.32 Å². The number of carbonyl (C=O) groups is 1. The maximum absolute atomic E-state index is 13.4. The average Bonchev–Trinajstić information content (AvgIpc) is 3.23. The Morgan fingerprint density at radius 2 is 1.94 bits per heavy atom. The van der Waals surface area contributed by atoms with E-state index in [-0.39, 0.29) is 17.8 Å². The lowest BCUT2D eigenvalue weighted by Crippen LogP contribution is -2.49. The van der Waals surface area contributed by atoms with Crippen molar-refractivity contribution in [1.82, 2.24) is 24.7 Å². The SMILES string of the molecule is CC(C)(CN1CCn2ccnc2C1)C(=O)NCC(c1ccc(F)cc1)N1CCOCC1. The van der Waals surface area contributed by atoms with Gasteiger partial charge in [0.15, 0.2) is 0 Å². The lowest BCUT2D eigenvalue weighted by molar-refractivity contribution is -0.131. The summed E-state index contributed by atoms with van der Waals surface area (Å²) in [6, 6.07) is 6.57. The zero-order valence-corrected chi connectivity index (χ0v) is 18.4. The summed E-state index contributed by atoms with van der Waals surface area (Å²) in [6.45, 7) is 10.6. The zero-order chi connectivity index (χ0) is 21.8. The first kappa shape index (κ1) is 21.9. The van der Waals surface area contributed by atoms with Gasteiger partial charge in [-0.3, -0.25) is 14.6 Å². The molecule has 0 spiro atoms. The van der Waals surface area contributed by atoms with Gasteiger partial charge in [0.25, 0.3) is 0 Å². The van der Waals surface area contributed by atoms with Crippen LogP contribution in [-0.4, -0.2) is 71.2 Å². The molecule has 1 fully saturated rings. The summed E-state index contributed by atoms with van der Waals surface area (Å²) in [5.41, 5.74) is 0.469. The monoisotopic (exact) mass is 429 g/mol. The van der Waals surface area contributed by atoms with E-state index >= 15 is 0 Å². The summed E-state index contributed by atoms with van der Waals surface area (Å²) in [4.78, 5) is 22.1. The number of benzene rings is 1. The van der Waals surface area contributed by atoms with E-state index in [9.17, 15) is 9.18 Å². The number of nitrogens with one attached hydrogen (secondary N) is 1. The molecule has 1 N–H and O–H groups in total. The number of fused-ring (bicyclic) bond motifs is 1. The summed E-state index contributed by atoms with van der Waals surface area (Å²) >= 11 is 0. The highest BCUT2D eigenvalue weighted by molar-refractivity contribution is 5.82. The van der Waals surface area contributed by atoms with Crippen LogP contribution in [0.3, 0.4) is 0 Å². The normalized spacial score (nSPS) is 19.1. The van der Waals surface area contributed by atoms with E-state index in [1.54, 1.807) is 0 Å². The summed E-state index contributed by atoms with van der Waals surface area (Å²) in [6.07, 6.45) is 3.84. The smallest absolute Gasteiger partial charge is 0.227 e. The van der Waals surface area contributed by atoms with Gasteiger partial charge < -0.3 is 14.6 Å². The molecule has 1 saturated heterocycles. The number of hydrogen-bond acceptors (Lipinski definition) is 5. The fourth-order valence-electron chi connectivity index (χ4n) is 4.45. The predicted molar refractivity (Wildman–Crippen MR) is 116 cm³/mol. The van der Waals surface area contributed by atoms with E-state index in [1.807, 2.05) is 38.4 Å². The first-order chi connectivity index (χ1) is 14.9. The number of carbonyl (C=O) groups excluding carboxylic acids is 1. The van der Waals surface area contributed by atoms with Gasteiger partial charge in [-0.25, -0.2) is 9.37 Å². The van der Waals surface area contributed by atoms with E-state index in [0.29, 0.717) is 26.3 Å². The molecule has 0 radical (unpaired) electrons. The van der Waals surface area contributed by atoms with Crippen LogP contribution >= 0.6 is 0 Å². The van der Waals surface area contributed by atoms with Gasteiger partial charge in [0, 0.05) is 51.7 Å². The zero-order valence-electron chi connectivity index (χ0n) is 18.4. The minimum atomic E-state index is -0.535. The van der Waals surface area contributed by atoms with Crippen molar-refractivity contribution in [1.29, 1.82) is 0 Å². The van der Waals surface area contributed by atoms with Gasteiger partial charge in [0.2, 0.25) is 5.91 Å². The number of rotatable bonds is 7. The first-order valence-electron chi connectivity index (χ1n) is 11.0. The third kappa shape index (κ3) is 5.31. The summed E-state index contributed by atoms with van der Waals surface area (Å²) in [7, 11) is 0. The maximum Gasteiger partial charge on any atom is 0.227 e. The minimum absolute atomic E-state index is 0.00767. The highest BCUT2D eigenvalue weighted by Crippen LogP contribution is 2.24. The van der Waals surface area contributed by atoms with Crippen molar-refractivity contribution >= 4 is 5.91 Å². The first-order valence-corrected chi connectivity index (χ1v) is 11.0. The van der Waals surface area contributed by atoms with Crippen LogP contribution in [0.2, 0.25) is 0 Å². The molecule has 0 aliphatic carbocycles. The van der Waals surface area contributed by atoms with Crippen LogP contribution in [0.4, 0.5) is 4.39 Å². The summed E-state index contributed by atoms with van der Waals surface area (Å²) < 4.78 is 21.1. The number of hydrogen-bond donors (Lipinski definition) is 1. The molecule has 7 nitrogen and oxygen atoms in total. The van der Waals surface area contributed by atoms with Crippen molar-refractivity contribution < 1.29 is 13.9 Å². The Labute approximate surface area is 183 Å². The van der Waals surface area contributed by atoms with E-state index in [1.165, 1.54) is 12.1 Å². The van der Waals surface area contributed by atoms with Crippen molar-refractivity contribution in [2.75, 3.05) is 45.9 Å². The summed E-state index contributed by atoms with van der Waals surface area (Å²) in [5, 5.41) is 3.17. The van der Waals surface area contributed by atoms with Gasteiger partial charge >= 0.3 is 0 Å². The number of ether oxygens (including phenoxy) is 1. The number of nitrogens with zero attached hydrogens (tertiary/aromatic N) is 4. The Kier molecular flexibility index (Phi) is 6.69. The molecule has 2 aliphatic rings. The molecule has 2 aliphatic heterocycles. The van der Waals surface area contributed by atoms with Gasteiger partial charge in [-0.05, 0) is 31.5 Å². The van der Waals surface area contributed by atoms with Crippen molar-refractivity contribution in [3.05, 3.63) is 53.9 Å². The highest BCUT2D eigenvalue weighted by atomic mass is 19.1. The van der Waals surface area contributed by atoms with Crippen LogP contribution in [0.15, 0.2) is 36.7 Å². The lowest BCUT2D eigenvalue weighted by Gasteiger charge is -2.37. The molecule has 1 aromatic carbocycles. The second-order valence-electron chi connectivity index (χ2n) is 9.06. The third-order valence-corrected chi connectivity index (χ3v) is 6.25. The quantitative estimate of drug-likeness (QED) is 0.730. The lowest BCUT2D eigenvalue weighted by atomic mass is 9.91. The van der Waals surface area contributed by atoms with Crippen LogP contribution in [-0.2, 0) is 22.6 Å². The van der Waals surface area contributed by atoms with Crippen molar-refractivity contribution in [3.8, 4) is 0 Å². The molecular formula is C23H32FN5O2. The summed E-state index contributed by atoms with van der Waals surface area (Å²) in [5.74, 6) is 0.824. The molecule has 0 saturated carbocycles. The number of morpholine rings is 1. The van der Waals surface area contributed by atoms with Crippen LogP contribution in [0.1, 0.15) is 31.3 Å². The Balaban J connectivity index is 1.38. The van der Waals surface area contributed by atoms with E-state index < -0.39 is 5.41 Å². The molecule has 1 atom stereocenters. The van der Waals surface area contributed by atoms with Crippen LogP contribution in [0.25, 0.3) is 0 Å². The highest BCUT2D eigenvalue weighted by Gasteiger charge is 2.33. The largest absolute Gasteiger partial charge is 0.379 e. The van der Waals surface area contributed by atoms with E-state index in [4.69, 9.17) is 4.74 Å². The van der Waals surface area contributed by atoms with Gasteiger partial charge in [0.05, 0.1) is 31.2 Å². The number of imidazole rings is 1. The minimum Gasteiger partial charge on any atom is -0.379 e. The Morgan fingerprint density at radius 1 is 1.19 bits per heavy atom. The number of aromatic nitrogens is 2. The Morgan fingerprint density at radius 3 is 2.68 bits per heavy atom. The topological polar surface area (TPSA) is 62.6 Å². The van der Waals surface area contributed by atoms with Gasteiger partial charge in [-0.2, -0.15) is 0 Å². The fraction of sp³-hybridized carbons (Fsp3) is 0.565.